The highest BCUT2D eigenvalue weighted by Crippen LogP contribution is 2.02. The first-order valence-corrected chi connectivity index (χ1v) is 7.57. The highest BCUT2D eigenvalue weighted by atomic mass is 16.3. The minimum absolute atomic E-state index is 0.322. The SMILES string of the molecule is CC.CC.CC.O=Cc1ccccc1.Oc1ccccc1. The van der Waals surface area contributed by atoms with Crippen LogP contribution in [0.15, 0.2) is 60.7 Å². The highest BCUT2D eigenvalue weighted by Gasteiger charge is 1.80. The number of hydrogen-bond acceptors (Lipinski definition) is 2. The number of carbonyl (C=O) groups is 1. The van der Waals surface area contributed by atoms with Gasteiger partial charge in [-0.1, -0.05) is 90.1 Å². The maximum Gasteiger partial charge on any atom is 0.150 e. The predicted molar refractivity (Wildman–Crippen MR) is 94.0 cm³/mol. The number of aromatic hydroxyl groups is 1. The van der Waals surface area contributed by atoms with Gasteiger partial charge in [0.1, 0.15) is 12.0 Å². The molecule has 118 valence electrons. The van der Waals surface area contributed by atoms with Gasteiger partial charge >= 0.3 is 0 Å². The average molecular weight is 290 g/mol. The third kappa shape index (κ3) is 17.9. The summed E-state index contributed by atoms with van der Waals surface area (Å²) in [5, 5.41) is 8.63. The van der Waals surface area contributed by atoms with Crippen molar-refractivity contribution in [2.24, 2.45) is 0 Å². The topological polar surface area (TPSA) is 37.3 Å². The Morgan fingerprint density at radius 3 is 1.19 bits per heavy atom. The van der Waals surface area contributed by atoms with Gasteiger partial charge in [-0.05, 0) is 12.1 Å². The van der Waals surface area contributed by atoms with E-state index in [1.807, 2.05) is 65.8 Å². The summed E-state index contributed by atoms with van der Waals surface area (Å²) in [6.07, 6.45) is 0.833. The van der Waals surface area contributed by atoms with Gasteiger partial charge in [0, 0.05) is 5.56 Å². The molecular formula is C19H30O2. The number of phenolic OH excluding ortho intramolecular Hbond substituents is 1. The van der Waals surface area contributed by atoms with Crippen molar-refractivity contribution in [3.63, 3.8) is 0 Å². The van der Waals surface area contributed by atoms with Crippen LogP contribution in [0.1, 0.15) is 51.9 Å². The Morgan fingerprint density at radius 1 is 0.667 bits per heavy atom. The quantitative estimate of drug-likeness (QED) is 0.657. The molecule has 0 bridgehead atoms. The van der Waals surface area contributed by atoms with E-state index in [2.05, 4.69) is 0 Å². The highest BCUT2D eigenvalue weighted by molar-refractivity contribution is 5.74. The molecule has 2 heteroatoms. The van der Waals surface area contributed by atoms with Crippen molar-refractivity contribution < 1.29 is 9.90 Å². The lowest BCUT2D eigenvalue weighted by Gasteiger charge is -1.82. The second-order valence-electron chi connectivity index (χ2n) is 2.86. The van der Waals surface area contributed by atoms with Crippen molar-refractivity contribution in [1.82, 2.24) is 0 Å². The van der Waals surface area contributed by atoms with Crippen molar-refractivity contribution in [3.05, 3.63) is 66.2 Å². The van der Waals surface area contributed by atoms with E-state index < -0.39 is 0 Å². The molecular weight excluding hydrogens is 260 g/mol. The molecule has 0 saturated heterocycles. The van der Waals surface area contributed by atoms with Gasteiger partial charge in [0.2, 0.25) is 0 Å². The molecule has 0 aliphatic carbocycles. The van der Waals surface area contributed by atoms with Gasteiger partial charge in [-0.3, -0.25) is 4.79 Å². The molecule has 2 aromatic rings. The summed E-state index contributed by atoms with van der Waals surface area (Å²) in [6.45, 7) is 12.0. The monoisotopic (exact) mass is 290 g/mol. The number of rotatable bonds is 1. The number of para-hydroxylation sites is 1. The van der Waals surface area contributed by atoms with Crippen molar-refractivity contribution in [2.75, 3.05) is 0 Å². The van der Waals surface area contributed by atoms with Gasteiger partial charge in [-0.25, -0.2) is 0 Å². The maximum atomic E-state index is 10.0. The first kappa shape index (κ1) is 24.0. The smallest absolute Gasteiger partial charge is 0.150 e. The fourth-order valence-corrected chi connectivity index (χ4v) is 0.960. The van der Waals surface area contributed by atoms with Crippen molar-refractivity contribution in [1.29, 1.82) is 0 Å². The van der Waals surface area contributed by atoms with Crippen molar-refractivity contribution in [3.8, 4) is 5.75 Å². The van der Waals surface area contributed by atoms with Gasteiger partial charge in [0.05, 0.1) is 0 Å². The maximum absolute atomic E-state index is 10.0. The first-order chi connectivity index (χ1) is 10.3. The zero-order chi connectivity index (χ0) is 16.9. The summed E-state index contributed by atoms with van der Waals surface area (Å²) < 4.78 is 0. The second-order valence-corrected chi connectivity index (χ2v) is 2.86. The predicted octanol–water partition coefficient (Wildman–Crippen LogP) is 5.97. The molecule has 0 radical (unpaired) electrons. The van der Waals surface area contributed by atoms with E-state index in [-0.39, 0.29) is 0 Å². The molecule has 1 N–H and O–H groups in total. The Morgan fingerprint density at radius 2 is 1.00 bits per heavy atom. The largest absolute Gasteiger partial charge is 0.508 e. The molecule has 0 heterocycles. The Kier molecular flexibility index (Phi) is 26.3. The van der Waals surface area contributed by atoms with E-state index in [0.29, 0.717) is 5.75 Å². The van der Waals surface area contributed by atoms with Crippen LogP contribution in [-0.2, 0) is 0 Å². The molecule has 0 aliphatic rings. The van der Waals surface area contributed by atoms with Gasteiger partial charge < -0.3 is 5.11 Å². The average Bonchev–Trinajstić information content (AvgIpc) is 2.62. The molecule has 0 unspecified atom stereocenters. The lowest BCUT2D eigenvalue weighted by Crippen LogP contribution is -1.73. The minimum atomic E-state index is 0.322. The van der Waals surface area contributed by atoms with Crippen LogP contribution in [0, 0.1) is 0 Å². The molecule has 2 nitrogen and oxygen atoms in total. The third-order valence-corrected chi connectivity index (χ3v) is 1.69. The van der Waals surface area contributed by atoms with Crippen LogP contribution in [0.4, 0.5) is 0 Å². The van der Waals surface area contributed by atoms with Crippen LogP contribution in [-0.4, -0.2) is 11.4 Å². The van der Waals surface area contributed by atoms with Crippen LogP contribution in [0.3, 0.4) is 0 Å². The number of benzene rings is 2. The molecule has 0 amide bonds. The minimum Gasteiger partial charge on any atom is -0.508 e. The molecule has 21 heavy (non-hydrogen) atoms. The van der Waals surface area contributed by atoms with Crippen LogP contribution in [0.2, 0.25) is 0 Å². The fourth-order valence-electron chi connectivity index (χ4n) is 0.960. The second kappa shape index (κ2) is 23.0. The van der Waals surface area contributed by atoms with E-state index in [0.717, 1.165) is 11.8 Å². The van der Waals surface area contributed by atoms with E-state index in [1.54, 1.807) is 36.4 Å². The number of phenols is 1. The van der Waals surface area contributed by atoms with Crippen molar-refractivity contribution >= 4 is 6.29 Å². The van der Waals surface area contributed by atoms with E-state index >= 15 is 0 Å². The molecule has 0 atom stereocenters. The summed E-state index contributed by atoms with van der Waals surface area (Å²) in [6, 6.07) is 17.8. The molecule has 0 saturated carbocycles. The molecule has 0 aromatic heterocycles. The Balaban J connectivity index is -0.000000229. The van der Waals surface area contributed by atoms with Crippen LogP contribution >= 0.6 is 0 Å². The molecule has 0 fully saturated rings. The van der Waals surface area contributed by atoms with Gasteiger partial charge in [0.15, 0.2) is 0 Å². The normalized spacial score (nSPS) is 6.95. The first-order valence-electron chi connectivity index (χ1n) is 7.57. The summed E-state index contributed by atoms with van der Waals surface area (Å²) >= 11 is 0. The summed E-state index contributed by atoms with van der Waals surface area (Å²) in [5.74, 6) is 0.322. The number of carbonyl (C=O) groups excluding carboxylic acids is 1. The molecule has 0 aliphatic heterocycles. The summed E-state index contributed by atoms with van der Waals surface area (Å²) in [7, 11) is 0. The van der Waals surface area contributed by atoms with Crippen molar-refractivity contribution in [2.45, 2.75) is 41.5 Å². The molecule has 2 aromatic carbocycles. The lowest BCUT2D eigenvalue weighted by molar-refractivity contribution is 0.112. The lowest BCUT2D eigenvalue weighted by atomic mass is 10.2. The van der Waals surface area contributed by atoms with E-state index in [9.17, 15) is 4.79 Å². The standard InChI is InChI=1S/C7H6O.C6H6O.3C2H6/c8-6-7-4-2-1-3-5-7;7-6-4-2-1-3-5-6;3*1-2/h1-6H;1-5,7H;3*1-2H3. The number of hydrogen-bond donors (Lipinski definition) is 1. The number of aldehydes is 1. The summed E-state index contributed by atoms with van der Waals surface area (Å²) in [5.41, 5.74) is 0.729. The zero-order valence-electron chi connectivity index (χ0n) is 14.2. The Bertz CT molecular complexity index is 383. The zero-order valence-corrected chi connectivity index (χ0v) is 14.2. The Hall–Kier alpha value is -2.09. The Labute approximate surface area is 130 Å². The molecule has 0 spiro atoms. The van der Waals surface area contributed by atoms with Gasteiger partial charge in [-0.15, -0.1) is 0 Å². The van der Waals surface area contributed by atoms with Crippen LogP contribution in [0.25, 0.3) is 0 Å². The van der Waals surface area contributed by atoms with Crippen LogP contribution < -0.4 is 0 Å². The summed E-state index contributed by atoms with van der Waals surface area (Å²) in [4.78, 5) is 10.0. The van der Waals surface area contributed by atoms with Crippen LogP contribution in [0.5, 0.6) is 5.75 Å². The van der Waals surface area contributed by atoms with Gasteiger partial charge in [0.25, 0.3) is 0 Å². The van der Waals surface area contributed by atoms with E-state index in [4.69, 9.17) is 5.11 Å². The van der Waals surface area contributed by atoms with E-state index in [1.165, 1.54) is 0 Å². The fraction of sp³-hybridized carbons (Fsp3) is 0.316. The third-order valence-electron chi connectivity index (χ3n) is 1.69. The molecule has 2 rings (SSSR count). The van der Waals surface area contributed by atoms with Gasteiger partial charge in [-0.2, -0.15) is 0 Å².